The van der Waals surface area contributed by atoms with E-state index >= 15 is 0 Å². The Labute approximate surface area is 108 Å². The summed E-state index contributed by atoms with van der Waals surface area (Å²) in [7, 11) is 0. The molecule has 0 spiro atoms. The number of halogens is 6. The third kappa shape index (κ3) is 6.01. The molecule has 0 aliphatic carbocycles. The van der Waals surface area contributed by atoms with Gasteiger partial charge in [-0.2, -0.15) is 8.78 Å². The van der Waals surface area contributed by atoms with Crippen LogP contribution < -0.4 is 5.11 Å². The summed E-state index contributed by atoms with van der Waals surface area (Å²) in [6.07, 6.45) is -1.08. The van der Waals surface area contributed by atoms with Gasteiger partial charge in [0.25, 0.3) is 5.13 Å². The largest absolute Gasteiger partial charge is 0.550 e. The Balaban J connectivity index is 4.16. The van der Waals surface area contributed by atoms with Crippen molar-refractivity contribution in [2.75, 3.05) is 0 Å². The van der Waals surface area contributed by atoms with E-state index < -0.39 is 26.8 Å². The van der Waals surface area contributed by atoms with Crippen LogP contribution in [0.3, 0.4) is 0 Å². The fraction of sp³-hybridized carbons (Fsp3) is 0.857. The molecule has 0 saturated carbocycles. The SMILES string of the molecule is O=C([O-])CCC(I)CC(F)(Cl)C(F)(F)Cl. The van der Waals surface area contributed by atoms with Gasteiger partial charge >= 0.3 is 5.38 Å². The van der Waals surface area contributed by atoms with Gasteiger partial charge in [-0.25, -0.2) is 4.39 Å². The van der Waals surface area contributed by atoms with Crippen molar-refractivity contribution in [3.05, 3.63) is 0 Å². The predicted molar refractivity (Wildman–Crippen MR) is 57.2 cm³/mol. The van der Waals surface area contributed by atoms with E-state index in [1.165, 1.54) is 0 Å². The molecule has 0 fully saturated rings. The summed E-state index contributed by atoms with van der Waals surface area (Å²) >= 11 is 11.0. The molecule has 0 saturated heterocycles. The first-order valence-electron chi connectivity index (χ1n) is 3.84. The highest BCUT2D eigenvalue weighted by Gasteiger charge is 2.53. The van der Waals surface area contributed by atoms with Crippen LogP contribution in [0, 0.1) is 0 Å². The highest BCUT2D eigenvalue weighted by molar-refractivity contribution is 14.1. The first-order chi connectivity index (χ1) is 6.56. The van der Waals surface area contributed by atoms with E-state index in [1.54, 1.807) is 22.6 Å². The van der Waals surface area contributed by atoms with Crippen LogP contribution in [0.25, 0.3) is 0 Å². The first kappa shape index (κ1) is 15.6. The number of alkyl halides is 6. The van der Waals surface area contributed by atoms with E-state index in [0.29, 0.717) is 0 Å². The number of hydrogen-bond donors (Lipinski definition) is 0. The summed E-state index contributed by atoms with van der Waals surface area (Å²) in [6.45, 7) is 0. The van der Waals surface area contributed by atoms with Gasteiger partial charge in [-0.15, -0.1) is 0 Å². The van der Waals surface area contributed by atoms with Crippen LogP contribution in [0.4, 0.5) is 13.2 Å². The minimum Gasteiger partial charge on any atom is -0.550 e. The van der Waals surface area contributed by atoms with Crippen molar-refractivity contribution in [1.29, 1.82) is 0 Å². The van der Waals surface area contributed by atoms with Crippen molar-refractivity contribution in [2.45, 2.75) is 33.7 Å². The second-order valence-electron chi connectivity index (χ2n) is 2.91. The van der Waals surface area contributed by atoms with E-state index in [1.807, 2.05) is 0 Å². The monoisotopic (exact) mass is 377 g/mol. The highest BCUT2D eigenvalue weighted by atomic mass is 127. The Kier molecular flexibility index (Phi) is 5.99. The molecule has 0 aliphatic rings. The minimum absolute atomic E-state index is 0.00570. The lowest BCUT2D eigenvalue weighted by molar-refractivity contribution is -0.305. The van der Waals surface area contributed by atoms with Gasteiger partial charge in [0.15, 0.2) is 0 Å². The Bertz CT molecular complexity index is 233. The maximum absolute atomic E-state index is 13.1. The molecule has 2 nitrogen and oxygen atoms in total. The standard InChI is InChI=1S/C7H8Cl2F3IO2/c8-6(10,7(9,11)12)3-4(13)1-2-5(14)15/h4H,1-3H2,(H,14,15)/p-1. The van der Waals surface area contributed by atoms with E-state index in [9.17, 15) is 23.1 Å². The average Bonchev–Trinajstić information content (AvgIpc) is 1.97. The summed E-state index contributed by atoms with van der Waals surface area (Å²) in [5.41, 5.74) is 0. The number of carbonyl (C=O) groups is 1. The van der Waals surface area contributed by atoms with Crippen molar-refractivity contribution in [1.82, 2.24) is 0 Å². The smallest absolute Gasteiger partial charge is 0.369 e. The number of carbonyl (C=O) groups excluding carboxylic acids is 1. The zero-order valence-electron chi connectivity index (χ0n) is 7.28. The lowest BCUT2D eigenvalue weighted by Gasteiger charge is -2.25. The molecule has 0 bridgehead atoms. The van der Waals surface area contributed by atoms with Crippen LogP contribution in [-0.4, -0.2) is 20.4 Å². The lowest BCUT2D eigenvalue weighted by atomic mass is 10.1. The zero-order valence-corrected chi connectivity index (χ0v) is 11.0. The lowest BCUT2D eigenvalue weighted by Crippen LogP contribution is -2.36. The Morgan fingerprint density at radius 1 is 1.40 bits per heavy atom. The number of carboxylic acids is 1. The molecule has 0 aliphatic heterocycles. The van der Waals surface area contributed by atoms with Gasteiger partial charge in [0.2, 0.25) is 0 Å². The molecule has 0 aromatic rings. The Morgan fingerprint density at radius 2 is 1.87 bits per heavy atom. The maximum Gasteiger partial charge on any atom is 0.369 e. The van der Waals surface area contributed by atoms with Gasteiger partial charge in [0.1, 0.15) is 0 Å². The van der Waals surface area contributed by atoms with Crippen molar-refractivity contribution < 1.29 is 23.1 Å². The normalized spacial score (nSPS) is 18.3. The van der Waals surface area contributed by atoms with Gasteiger partial charge in [-0.05, 0) is 24.4 Å². The third-order valence-corrected chi connectivity index (χ3v) is 3.41. The number of carboxylic acid groups (broad SMARTS) is 1. The predicted octanol–water partition coefficient (Wildman–Crippen LogP) is 2.45. The number of aliphatic carboxylic acids is 1. The van der Waals surface area contributed by atoms with Crippen LogP contribution in [0.1, 0.15) is 19.3 Å². The van der Waals surface area contributed by atoms with Crippen LogP contribution in [-0.2, 0) is 4.79 Å². The zero-order chi connectivity index (χ0) is 12.3. The summed E-state index contributed by atoms with van der Waals surface area (Å²) in [5, 5.41) is 2.50. The van der Waals surface area contributed by atoms with E-state index in [-0.39, 0.29) is 12.8 Å². The molecule has 0 rings (SSSR count). The Hall–Kier alpha value is 0.570. The van der Waals surface area contributed by atoms with Gasteiger partial charge in [-0.3, -0.25) is 0 Å². The summed E-state index contributed by atoms with van der Waals surface area (Å²) < 4.78 is 37.2. The molecule has 8 heteroatoms. The van der Waals surface area contributed by atoms with Gasteiger partial charge in [0, 0.05) is 16.3 Å². The molecule has 0 aromatic heterocycles. The fourth-order valence-corrected chi connectivity index (χ4v) is 2.21. The summed E-state index contributed by atoms with van der Waals surface area (Å²) in [4.78, 5) is 10.1. The molecule has 0 heterocycles. The summed E-state index contributed by atoms with van der Waals surface area (Å²) in [5.74, 6) is -1.33. The van der Waals surface area contributed by atoms with Crippen LogP contribution in [0.2, 0.25) is 0 Å². The molecule has 0 aromatic carbocycles. The van der Waals surface area contributed by atoms with E-state index in [0.717, 1.165) is 0 Å². The second kappa shape index (κ2) is 5.77. The molecule has 15 heavy (non-hydrogen) atoms. The van der Waals surface area contributed by atoms with Crippen LogP contribution in [0.15, 0.2) is 0 Å². The van der Waals surface area contributed by atoms with Crippen LogP contribution in [0.5, 0.6) is 0 Å². The fourth-order valence-electron chi connectivity index (χ4n) is 0.770. The number of hydrogen-bond acceptors (Lipinski definition) is 2. The third-order valence-electron chi connectivity index (χ3n) is 1.55. The quantitative estimate of drug-likeness (QED) is 0.527. The van der Waals surface area contributed by atoms with E-state index in [2.05, 4.69) is 11.6 Å². The highest BCUT2D eigenvalue weighted by Crippen LogP contribution is 2.44. The van der Waals surface area contributed by atoms with Crippen molar-refractivity contribution in [2.24, 2.45) is 0 Å². The Morgan fingerprint density at radius 3 is 2.20 bits per heavy atom. The van der Waals surface area contributed by atoms with Crippen molar-refractivity contribution in [3.8, 4) is 0 Å². The molecule has 0 N–H and O–H groups in total. The van der Waals surface area contributed by atoms with E-state index in [4.69, 9.17) is 11.6 Å². The average molecular weight is 378 g/mol. The molecular weight excluding hydrogens is 371 g/mol. The molecule has 2 unspecified atom stereocenters. The van der Waals surface area contributed by atoms with Crippen molar-refractivity contribution in [3.63, 3.8) is 0 Å². The molecular formula is C7H7Cl2F3IO2-. The molecule has 0 amide bonds. The molecule has 90 valence electrons. The summed E-state index contributed by atoms with van der Waals surface area (Å²) in [6, 6.07) is 0. The minimum atomic E-state index is -4.18. The van der Waals surface area contributed by atoms with Gasteiger partial charge in [0.05, 0.1) is 0 Å². The number of rotatable bonds is 6. The van der Waals surface area contributed by atoms with Crippen molar-refractivity contribution >= 4 is 51.8 Å². The topological polar surface area (TPSA) is 40.1 Å². The van der Waals surface area contributed by atoms with Gasteiger partial charge in [-0.1, -0.05) is 34.2 Å². The van der Waals surface area contributed by atoms with Gasteiger partial charge < -0.3 is 9.90 Å². The maximum atomic E-state index is 13.1. The first-order valence-corrected chi connectivity index (χ1v) is 5.85. The molecule has 2 atom stereocenters. The second-order valence-corrected chi connectivity index (χ2v) is 5.75. The molecule has 0 radical (unpaired) electrons. The van der Waals surface area contributed by atoms with Crippen LogP contribution >= 0.6 is 45.8 Å².